The average molecular weight is 532 g/mol. The SMILES string of the molecule is CC(C)(C)OC(=O)NC1(c2ccc(-c3nc4ccn5c(C6CC6)nnc5c4cc3-c3ccccc3)cc2)CCC1. The van der Waals surface area contributed by atoms with Crippen LogP contribution in [0.15, 0.2) is 72.9 Å². The second-order valence-corrected chi connectivity index (χ2v) is 12.2. The molecule has 3 heterocycles. The summed E-state index contributed by atoms with van der Waals surface area (Å²) >= 11 is 0. The lowest BCUT2D eigenvalue weighted by molar-refractivity contribution is 0.0377. The summed E-state index contributed by atoms with van der Waals surface area (Å²) in [6.45, 7) is 5.65. The number of hydrogen-bond donors (Lipinski definition) is 1. The van der Waals surface area contributed by atoms with Crippen LogP contribution in [-0.4, -0.2) is 31.3 Å². The number of amides is 1. The average Bonchev–Trinajstić information content (AvgIpc) is 3.67. The molecule has 3 aromatic heterocycles. The van der Waals surface area contributed by atoms with Gasteiger partial charge in [0.15, 0.2) is 5.65 Å². The fourth-order valence-corrected chi connectivity index (χ4v) is 5.75. The van der Waals surface area contributed by atoms with Gasteiger partial charge in [0.25, 0.3) is 0 Å². The van der Waals surface area contributed by atoms with Crippen LogP contribution in [0.5, 0.6) is 0 Å². The van der Waals surface area contributed by atoms with Crippen LogP contribution in [-0.2, 0) is 10.3 Å². The Balaban J connectivity index is 1.29. The van der Waals surface area contributed by atoms with E-state index in [1.807, 2.05) is 26.8 Å². The van der Waals surface area contributed by atoms with Gasteiger partial charge in [-0.2, -0.15) is 0 Å². The van der Waals surface area contributed by atoms with Gasteiger partial charge in [-0.15, -0.1) is 10.2 Å². The van der Waals surface area contributed by atoms with E-state index in [1.165, 1.54) is 12.8 Å². The Bertz CT molecular complexity index is 1730. The molecular formula is C33H33N5O2. The van der Waals surface area contributed by atoms with Crippen LogP contribution in [0.2, 0.25) is 0 Å². The Hall–Kier alpha value is -4.26. The molecule has 0 unspecified atom stereocenters. The molecule has 2 aliphatic carbocycles. The number of ether oxygens (including phenoxy) is 1. The monoisotopic (exact) mass is 531 g/mol. The van der Waals surface area contributed by atoms with E-state index in [9.17, 15) is 4.79 Å². The first-order chi connectivity index (χ1) is 19.3. The molecule has 1 amide bonds. The summed E-state index contributed by atoms with van der Waals surface area (Å²) in [5, 5.41) is 13.3. The van der Waals surface area contributed by atoms with Gasteiger partial charge in [0.05, 0.1) is 16.7 Å². The van der Waals surface area contributed by atoms with Gasteiger partial charge in [0, 0.05) is 28.6 Å². The number of carbonyl (C=O) groups excluding carboxylic acids is 1. The van der Waals surface area contributed by atoms with Crippen molar-refractivity contribution in [2.24, 2.45) is 0 Å². The molecule has 202 valence electrons. The zero-order valence-electron chi connectivity index (χ0n) is 23.1. The van der Waals surface area contributed by atoms with Gasteiger partial charge in [0.1, 0.15) is 11.4 Å². The third-order valence-electron chi connectivity index (χ3n) is 8.08. The van der Waals surface area contributed by atoms with Crippen molar-refractivity contribution in [3.8, 4) is 22.4 Å². The first-order valence-corrected chi connectivity index (χ1v) is 14.2. The standard InChI is InChI=1S/C33H33N5O2/c1-32(2,3)40-31(39)35-33(17-7-18-33)24-14-12-22(13-15-24)28-25(21-8-5-4-6-9-21)20-26-27(34-28)16-19-38-29(23-10-11-23)36-37-30(26)38/h4-6,8-9,12-16,19-20,23H,7,10-11,17-18H2,1-3H3,(H,35,39). The number of alkyl carbamates (subject to hydrolysis) is 1. The second-order valence-electron chi connectivity index (χ2n) is 12.2. The fraction of sp³-hybridized carbons (Fsp3) is 0.333. The number of rotatable bonds is 5. The van der Waals surface area contributed by atoms with Gasteiger partial charge in [0.2, 0.25) is 0 Å². The van der Waals surface area contributed by atoms with Crippen LogP contribution in [0, 0.1) is 0 Å². The quantitative estimate of drug-likeness (QED) is 0.256. The molecule has 7 rings (SSSR count). The van der Waals surface area contributed by atoms with Crippen molar-refractivity contribution in [3.63, 3.8) is 0 Å². The van der Waals surface area contributed by atoms with Crippen molar-refractivity contribution >= 4 is 22.6 Å². The molecular weight excluding hydrogens is 498 g/mol. The molecule has 0 saturated heterocycles. The fourth-order valence-electron chi connectivity index (χ4n) is 5.75. The molecule has 40 heavy (non-hydrogen) atoms. The maximum Gasteiger partial charge on any atom is 0.408 e. The van der Waals surface area contributed by atoms with Crippen molar-refractivity contribution < 1.29 is 9.53 Å². The number of benzene rings is 2. The topological polar surface area (TPSA) is 81.4 Å². The normalized spacial score (nSPS) is 16.6. The highest BCUT2D eigenvalue weighted by atomic mass is 16.6. The molecule has 0 bridgehead atoms. The van der Waals surface area contributed by atoms with E-state index in [1.54, 1.807) is 0 Å². The van der Waals surface area contributed by atoms with Crippen LogP contribution in [0.4, 0.5) is 4.79 Å². The minimum Gasteiger partial charge on any atom is -0.444 e. The molecule has 0 spiro atoms. The van der Waals surface area contributed by atoms with E-state index < -0.39 is 11.1 Å². The summed E-state index contributed by atoms with van der Waals surface area (Å²) < 4.78 is 7.69. The predicted octanol–water partition coefficient (Wildman–Crippen LogP) is 7.39. The summed E-state index contributed by atoms with van der Waals surface area (Å²) in [5.41, 5.74) is 6.00. The number of hydrogen-bond acceptors (Lipinski definition) is 5. The highest BCUT2D eigenvalue weighted by Gasteiger charge is 2.41. The highest BCUT2D eigenvalue weighted by molar-refractivity contribution is 5.98. The maximum absolute atomic E-state index is 12.6. The molecule has 1 N–H and O–H groups in total. The van der Waals surface area contributed by atoms with Crippen molar-refractivity contribution in [2.75, 3.05) is 0 Å². The van der Waals surface area contributed by atoms with E-state index in [-0.39, 0.29) is 6.09 Å². The first-order valence-electron chi connectivity index (χ1n) is 14.2. The molecule has 2 saturated carbocycles. The van der Waals surface area contributed by atoms with Crippen LogP contribution >= 0.6 is 0 Å². The molecule has 0 atom stereocenters. The number of pyridine rings is 2. The molecule has 2 aromatic carbocycles. The number of nitrogens with one attached hydrogen (secondary N) is 1. The predicted molar refractivity (Wildman–Crippen MR) is 156 cm³/mol. The van der Waals surface area contributed by atoms with Crippen LogP contribution in [0.25, 0.3) is 38.9 Å². The molecule has 2 fully saturated rings. The third-order valence-corrected chi connectivity index (χ3v) is 8.08. The minimum absolute atomic E-state index is 0.372. The first kappa shape index (κ1) is 24.8. The van der Waals surface area contributed by atoms with Crippen LogP contribution in [0.1, 0.15) is 70.2 Å². The van der Waals surface area contributed by atoms with Gasteiger partial charge >= 0.3 is 6.09 Å². The number of nitrogens with zero attached hydrogens (tertiary/aromatic N) is 4. The summed E-state index contributed by atoms with van der Waals surface area (Å²) in [5.74, 6) is 1.55. The second kappa shape index (κ2) is 9.15. The Labute approximate surface area is 233 Å². The van der Waals surface area contributed by atoms with Gasteiger partial charge in [-0.1, -0.05) is 54.6 Å². The Morgan fingerprint density at radius 3 is 2.38 bits per heavy atom. The van der Waals surface area contributed by atoms with E-state index >= 15 is 0 Å². The van der Waals surface area contributed by atoms with Crippen LogP contribution in [0.3, 0.4) is 0 Å². The lowest BCUT2D eigenvalue weighted by Crippen LogP contribution is -2.52. The van der Waals surface area contributed by atoms with Crippen molar-refractivity contribution in [2.45, 2.75) is 69.9 Å². The minimum atomic E-state index is -0.536. The summed E-state index contributed by atoms with van der Waals surface area (Å²) in [6, 6.07) is 23.1. The Kier molecular flexibility index (Phi) is 5.66. The zero-order valence-corrected chi connectivity index (χ0v) is 23.1. The summed E-state index contributed by atoms with van der Waals surface area (Å²) in [7, 11) is 0. The van der Waals surface area contributed by atoms with Gasteiger partial charge in [-0.25, -0.2) is 9.78 Å². The molecule has 0 radical (unpaired) electrons. The maximum atomic E-state index is 12.6. The Morgan fingerprint density at radius 2 is 1.73 bits per heavy atom. The van der Waals surface area contributed by atoms with Gasteiger partial charge in [-0.3, -0.25) is 4.40 Å². The molecule has 5 aromatic rings. The van der Waals surface area contributed by atoms with Crippen molar-refractivity contribution in [1.82, 2.24) is 24.9 Å². The van der Waals surface area contributed by atoms with E-state index in [0.717, 1.165) is 69.6 Å². The zero-order chi connectivity index (χ0) is 27.5. The summed E-state index contributed by atoms with van der Waals surface area (Å²) in [6.07, 6.45) is 6.89. The largest absolute Gasteiger partial charge is 0.444 e. The van der Waals surface area contributed by atoms with E-state index in [0.29, 0.717) is 5.92 Å². The van der Waals surface area contributed by atoms with E-state index in [4.69, 9.17) is 9.72 Å². The molecule has 7 heteroatoms. The lowest BCUT2D eigenvalue weighted by Gasteiger charge is -2.43. The van der Waals surface area contributed by atoms with Crippen molar-refractivity contribution in [1.29, 1.82) is 0 Å². The van der Waals surface area contributed by atoms with Gasteiger partial charge < -0.3 is 10.1 Å². The van der Waals surface area contributed by atoms with Crippen molar-refractivity contribution in [3.05, 3.63) is 84.3 Å². The molecule has 7 nitrogen and oxygen atoms in total. The summed E-state index contributed by atoms with van der Waals surface area (Å²) in [4.78, 5) is 17.8. The smallest absolute Gasteiger partial charge is 0.408 e. The number of aromatic nitrogens is 4. The van der Waals surface area contributed by atoms with Crippen LogP contribution < -0.4 is 5.32 Å². The molecule has 0 aliphatic heterocycles. The number of fused-ring (bicyclic) bond motifs is 3. The van der Waals surface area contributed by atoms with E-state index in [2.05, 4.69) is 86.8 Å². The number of carbonyl (C=O) groups is 1. The molecule has 2 aliphatic rings. The Morgan fingerprint density at radius 1 is 0.975 bits per heavy atom. The highest BCUT2D eigenvalue weighted by Crippen LogP contribution is 2.43. The van der Waals surface area contributed by atoms with Gasteiger partial charge in [-0.05, 0) is 76.1 Å². The lowest BCUT2D eigenvalue weighted by atomic mass is 9.71. The third kappa shape index (κ3) is 4.39.